The van der Waals surface area contributed by atoms with Gasteiger partial charge < -0.3 is 15.0 Å². The summed E-state index contributed by atoms with van der Waals surface area (Å²) < 4.78 is 6.08. The van der Waals surface area contributed by atoms with Gasteiger partial charge in [-0.25, -0.2) is 0 Å². The zero-order valence-corrected chi connectivity index (χ0v) is 16.2. The van der Waals surface area contributed by atoms with Gasteiger partial charge in [-0.1, -0.05) is 52.3 Å². The number of ether oxygens (including phenoxy) is 1. The molecule has 0 bridgehead atoms. The number of nitrogens with one attached hydrogen (secondary N) is 1. The van der Waals surface area contributed by atoms with E-state index in [2.05, 4.69) is 21.2 Å². The van der Waals surface area contributed by atoms with Crippen molar-refractivity contribution in [3.63, 3.8) is 0 Å². The van der Waals surface area contributed by atoms with Crippen LogP contribution in [0.1, 0.15) is 22.7 Å². The van der Waals surface area contributed by atoms with E-state index in [-0.39, 0.29) is 11.8 Å². The molecule has 0 saturated carbocycles. The van der Waals surface area contributed by atoms with Gasteiger partial charge in [-0.15, -0.1) is 0 Å². The summed E-state index contributed by atoms with van der Waals surface area (Å²) in [4.78, 5) is 27.2. The fraction of sp³-hybridized carbons (Fsp3) is 0.300. The molecular formula is C20H21BrN2O3. The van der Waals surface area contributed by atoms with Crippen LogP contribution in [0.3, 0.4) is 0 Å². The topological polar surface area (TPSA) is 58.6 Å². The minimum Gasteiger partial charge on any atom is -0.383 e. The average Bonchev–Trinajstić information content (AvgIpc) is 2.64. The standard InChI is InChI=1S/C20H21BrN2O3/c1-26-10-9-23-18(24)12-15-6-2-3-8-17(15)19(23)20(25)22-13-14-5-4-7-16(21)11-14/h2-8,11,19H,9-10,12-13H2,1H3,(H,22,25)/t19-/m1/s1. The molecule has 3 rings (SSSR count). The molecule has 0 unspecified atom stereocenters. The van der Waals surface area contributed by atoms with Crippen molar-refractivity contribution in [3.8, 4) is 0 Å². The van der Waals surface area contributed by atoms with E-state index in [1.807, 2.05) is 48.5 Å². The van der Waals surface area contributed by atoms with Gasteiger partial charge in [0.15, 0.2) is 0 Å². The number of benzene rings is 2. The maximum atomic E-state index is 13.0. The minimum absolute atomic E-state index is 0.0524. The van der Waals surface area contributed by atoms with Crippen molar-refractivity contribution in [2.75, 3.05) is 20.3 Å². The maximum absolute atomic E-state index is 13.0. The molecule has 1 heterocycles. The second kappa shape index (κ2) is 8.47. The second-order valence-electron chi connectivity index (χ2n) is 6.21. The Bertz CT molecular complexity index is 809. The van der Waals surface area contributed by atoms with Crippen LogP contribution in [0, 0.1) is 0 Å². The predicted molar refractivity (Wildman–Crippen MR) is 102 cm³/mol. The molecule has 0 saturated heterocycles. The highest BCUT2D eigenvalue weighted by atomic mass is 79.9. The third-order valence-corrected chi connectivity index (χ3v) is 4.96. The first kappa shape index (κ1) is 18.6. The Morgan fingerprint density at radius 1 is 1.27 bits per heavy atom. The highest BCUT2D eigenvalue weighted by Gasteiger charge is 2.36. The summed E-state index contributed by atoms with van der Waals surface area (Å²) in [6.45, 7) is 1.19. The molecule has 2 amide bonds. The van der Waals surface area contributed by atoms with Crippen molar-refractivity contribution in [3.05, 3.63) is 69.7 Å². The van der Waals surface area contributed by atoms with E-state index in [1.54, 1.807) is 12.0 Å². The van der Waals surface area contributed by atoms with Crippen LogP contribution in [-0.4, -0.2) is 37.0 Å². The van der Waals surface area contributed by atoms with Gasteiger partial charge in [-0.3, -0.25) is 9.59 Å². The van der Waals surface area contributed by atoms with Crippen LogP contribution in [0.25, 0.3) is 0 Å². The van der Waals surface area contributed by atoms with Crippen LogP contribution in [0.2, 0.25) is 0 Å². The van der Waals surface area contributed by atoms with E-state index < -0.39 is 6.04 Å². The molecule has 0 spiro atoms. The fourth-order valence-corrected chi connectivity index (χ4v) is 3.64. The van der Waals surface area contributed by atoms with Crippen molar-refractivity contribution in [2.24, 2.45) is 0 Å². The Labute approximate surface area is 161 Å². The second-order valence-corrected chi connectivity index (χ2v) is 7.12. The summed E-state index contributed by atoms with van der Waals surface area (Å²) in [7, 11) is 1.59. The van der Waals surface area contributed by atoms with Gasteiger partial charge in [0.2, 0.25) is 11.8 Å². The first-order valence-corrected chi connectivity index (χ1v) is 9.28. The predicted octanol–water partition coefficient (Wildman–Crippen LogP) is 2.84. The summed E-state index contributed by atoms with van der Waals surface area (Å²) in [6, 6.07) is 14.8. The number of methoxy groups -OCH3 is 1. The van der Waals surface area contributed by atoms with Crippen molar-refractivity contribution < 1.29 is 14.3 Å². The number of halogens is 1. The van der Waals surface area contributed by atoms with E-state index >= 15 is 0 Å². The molecule has 1 aliphatic heterocycles. The van der Waals surface area contributed by atoms with Gasteiger partial charge in [0.05, 0.1) is 13.0 Å². The normalized spacial score (nSPS) is 16.3. The van der Waals surface area contributed by atoms with Crippen LogP contribution in [0.15, 0.2) is 53.0 Å². The van der Waals surface area contributed by atoms with E-state index in [0.29, 0.717) is 26.1 Å². The number of hydrogen-bond donors (Lipinski definition) is 1. The van der Waals surface area contributed by atoms with E-state index in [9.17, 15) is 9.59 Å². The highest BCUT2D eigenvalue weighted by molar-refractivity contribution is 9.10. The molecule has 5 nitrogen and oxygen atoms in total. The Kier molecular flexibility index (Phi) is 6.06. The fourth-order valence-electron chi connectivity index (χ4n) is 3.20. The largest absolute Gasteiger partial charge is 0.383 e. The van der Waals surface area contributed by atoms with Crippen molar-refractivity contribution >= 4 is 27.7 Å². The Balaban J connectivity index is 1.82. The molecule has 136 valence electrons. The van der Waals surface area contributed by atoms with Crippen LogP contribution in [0.4, 0.5) is 0 Å². The third-order valence-electron chi connectivity index (χ3n) is 4.46. The van der Waals surface area contributed by atoms with Crippen molar-refractivity contribution in [1.29, 1.82) is 0 Å². The van der Waals surface area contributed by atoms with Gasteiger partial charge in [0, 0.05) is 24.7 Å². The lowest BCUT2D eigenvalue weighted by atomic mass is 9.91. The highest BCUT2D eigenvalue weighted by Crippen LogP contribution is 2.30. The number of carbonyl (C=O) groups is 2. The van der Waals surface area contributed by atoms with Crippen LogP contribution in [-0.2, 0) is 27.3 Å². The van der Waals surface area contributed by atoms with Crippen LogP contribution in [0.5, 0.6) is 0 Å². The smallest absolute Gasteiger partial charge is 0.247 e. The molecule has 26 heavy (non-hydrogen) atoms. The number of nitrogens with zero attached hydrogens (tertiary/aromatic N) is 1. The molecule has 0 fully saturated rings. The van der Waals surface area contributed by atoms with Crippen molar-refractivity contribution in [2.45, 2.75) is 19.0 Å². The SMILES string of the molecule is COCCN1C(=O)Cc2ccccc2[C@@H]1C(=O)NCc1cccc(Br)c1. The third kappa shape index (κ3) is 4.14. The summed E-state index contributed by atoms with van der Waals surface area (Å²) in [6.07, 6.45) is 0.315. The lowest BCUT2D eigenvalue weighted by Gasteiger charge is -2.36. The molecule has 1 aliphatic rings. The lowest BCUT2D eigenvalue weighted by molar-refractivity contribution is -0.142. The molecule has 0 aliphatic carbocycles. The van der Waals surface area contributed by atoms with Gasteiger partial charge in [-0.2, -0.15) is 0 Å². The monoisotopic (exact) mass is 416 g/mol. The van der Waals surface area contributed by atoms with Gasteiger partial charge in [0.1, 0.15) is 6.04 Å². The van der Waals surface area contributed by atoms with E-state index in [4.69, 9.17) is 4.74 Å². The zero-order chi connectivity index (χ0) is 18.5. The quantitative estimate of drug-likeness (QED) is 0.787. The number of carbonyl (C=O) groups excluding carboxylic acids is 2. The van der Waals surface area contributed by atoms with Crippen LogP contribution < -0.4 is 5.32 Å². The summed E-state index contributed by atoms with van der Waals surface area (Å²) in [5.41, 5.74) is 2.79. The first-order chi connectivity index (χ1) is 12.6. The van der Waals surface area contributed by atoms with Crippen LogP contribution >= 0.6 is 15.9 Å². The summed E-state index contributed by atoms with van der Waals surface area (Å²) >= 11 is 3.43. The number of rotatable bonds is 6. The first-order valence-electron chi connectivity index (χ1n) is 8.48. The maximum Gasteiger partial charge on any atom is 0.247 e. The van der Waals surface area contributed by atoms with E-state index in [1.165, 1.54) is 0 Å². The molecule has 0 aromatic heterocycles. The average molecular weight is 417 g/mol. The lowest BCUT2D eigenvalue weighted by Crippen LogP contribution is -2.48. The summed E-state index contributed by atoms with van der Waals surface area (Å²) in [5.74, 6) is -0.232. The molecule has 1 N–H and O–H groups in total. The van der Waals surface area contributed by atoms with Gasteiger partial charge in [0.25, 0.3) is 0 Å². The van der Waals surface area contributed by atoms with Gasteiger partial charge in [-0.05, 0) is 28.8 Å². The molecule has 2 aromatic carbocycles. The molecule has 0 radical (unpaired) electrons. The number of fused-ring (bicyclic) bond motifs is 1. The number of amides is 2. The Morgan fingerprint density at radius 2 is 2.08 bits per heavy atom. The number of hydrogen-bond acceptors (Lipinski definition) is 3. The molecule has 2 aromatic rings. The Hall–Kier alpha value is -2.18. The molecule has 1 atom stereocenters. The minimum atomic E-state index is -0.630. The summed E-state index contributed by atoms with van der Waals surface area (Å²) in [5, 5.41) is 2.97. The Morgan fingerprint density at radius 3 is 2.85 bits per heavy atom. The molecular weight excluding hydrogens is 396 g/mol. The zero-order valence-electron chi connectivity index (χ0n) is 14.6. The van der Waals surface area contributed by atoms with Crippen molar-refractivity contribution in [1.82, 2.24) is 10.2 Å². The van der Waals surface area contributed by atoms with Gasteiger partial charge >= 0.3 is 0 Å². The molecule has 6 heteroatoms. The van der Waals surface area contributed by atoms with E-state index in [0.717, 1.165) is 21.2 Å².